The number of hydrogen-bond acceptors (Lipinski definition) is 3. The largest absolute Gasteiger partial charge is 0.415 e. The van der Waals surface area contributed by atoms with Crippen LogP contribution < -0.4 is 4.90 Å². The third-order valence-corrected chi connectivity index (χ3v) is 9.54. The van der Waals surface area contributed by atoms with Gasteiger partial charge in [0.2, 0.25) is 5.91 Å². The highest BCUT2D eigenvalue weighted by atomic mass is 28.4. The van der Waals surface area contributed by atoms with Crippen LogP contribution in [-0.4, -0.2) is 26.9 Å². The standard InChI is InChI=1S/C18H26N2O2Si/c1-18(2,3)23(4,5)22-13-16-10-11-17(21)20(16)15-8-6-14(12-19)7-9-15/h6-9,16H,10-11,13H2,1-5H3/t16-/m0/s1. The van der Waals surface area contributed by atoms with Crippen LogP contribution in [0.5, 0.6) is 0 Å². The minimum Gasteiger partial charge on any atom is -0.415 e. The number of nitrogens with zero attached hydrogens (tertiary/aromatic N) is 2. The molecule has 0 bridgehead atoms. The summed E-state index contributed by atoms with van der Waals surface area (Å²) in [6.07, 6.45) is 1.39. The smallest absolute Gasteiger partial charge is 0.227 e. The number of benzene rings is 1. The summed E-state index contributed by atoms with van der Waals surface area (Å²) in [6.45, 7) is 11.7. The van der Waals surface area contributed by atoms with Crippen molar-refractivity contribution in [2.75, 3.05) is 11.5 Å². The molecule has 1 saturated heterocycles. The predicted molar refractivity (Wildman–Crippen MR) is 94.8 cm³/mol. The third-order valence-electron chi connectivity index (χ3n) is 5.04. The van der Waals surface area contributed by atoms with Gasteiger partial charge in [0, 0.05) is 12.1 Å². The fourth-order valence-corrected chi connectivity index (χ4v) is 3.52. The van der Waals surface area contributed by atoms with E-state index in [1.54, 1.807) is 12.1 Å². The van der Waals surface area contributed by atoms with Crippen LogP contribution in [0.3, 0.4) is 0 Å². The number of hydrogen-bond donors (Lipinski definition) is 0. The lowest BCUT2D eigenvalue weighted by molar-refractivity contribution is -0.117. The number of carbonyl (C=O) groups excluding carboxylic acids is 1. The average molecular weight is 331 g/mol. The van der Waals surface area contributed by atoms with E-state index in [-0.39, 0.29) is 17.0 Å². The monoisotopic (exact) mass is 330 g/mol. The van der Waals surface area contributed by atoms with E-state index < -0.39 is 8.32 Å². The maximum atomic E-state index is 12.3. The van der Waals surface area contributed by atoms with Gasteiger partial charge in [0.1, 0.15) is 0 Å². The zero-order chi connectivity index (χ0) is 17.3. The summed E-state index contributed by atoms with van der Waals surface area (Å²) in [5, 5.41) is 9.06. The zero-order valence-corrected chi connectivity index (χ0v) is 15.7. The topological polar surface area (TPSA) is 53.3 Å². The summed E-state index contributed by atoms with van der Waals surface area (Å²) in [6, 6.07) is 9.40. The molecule has 1 atom stereocenters. The molecule has 0 unspecified atom stereocenters. The van der Waals surface area contributed by atoms with Gasteiger partial charge in [0.25, 0.3) is 0 Å². The van der Waals surface area contributed by atoms with Gasteiger partial charge in [-0.25, -0.2) is 0 Å². The molecule has 0 aliphatic carbocycles. The summed E-state index contributed by atoms with van der Waals surface area (Å²) >= 11 is 0. The number of carbonyl (C=O) groups is 1. The van der Waals surface area contributed by atoms with Crippen LogP contribution >= 0.6 is 0 Å². The van der Waals surface area contributed by atoms with E-state index in [0.717, 1.165) is 12.1 Å². The Morgan fingerprint density at radius 3 is 2.43 bits per heavy atom. The molecule has 0 radical (unpaired) electrons. The summed E-state index contributed by atoms with van der Waals surface area (Å²) < 4.78 is 6.32. The lowest BCUT2D eigenvalue weighted by Crippen LogP contribution is -2.45. The van der Waals surface area contributed by atoms with Gasteiger partial charge in [0.15, 0.2) is 8.32 Å². The third kappa shape index (κ3) is 3.82. The molecule has 0 spiro atoms. The van der Waals surface area contributed by atoms with Crippen LogP contribution in [0.25, 0.3) is 0 Å². The van der Waals surface area contributed by atoms with E-state index in [9.17, 15) is 4.79 Å². The van der Waals surface area contributed by atoms with Gasteiger partial charge >= 0.3 is 0 Å². The second-order valence-corrected chi connectivity index (χ2v) is 12.5. The molecule has 0 aromatic heterocycles. The highest BCUT2D eigenvalue weighted by Crippen LogP contribution is 2.37. The van der Waals surface area contributed by atoms with Crippen molar-refractivity contribution in [1.82, 2.24) is 0 Å². The Hall–Kier alpha value is -1.64. The molecular formula is C18H26N2O2Si. The van der Waals surface area contributed by atoms with Gasteiger partial charge in [-0.2, -0.15) is 5.26 Å². The van der Waals surface area contributed by atoms with Crippen LogP contribution in [0, 0.1) is 11.3 Å². The number of nitriles is 1. The normalized spacial score (nSPS) is 19.0. The molecule has 4 nitrogen and oxygen atoms in total. The fourth-order valence-electron chi connectivity index (χ4n) is 2.47. The van der Waals surface area contributed by atoms with Crippen LogP contribution in [0.4, 0.5) is 5.69 Å². The molecule has 1 aromatic carbocycles. The van der Waals surface area contributed by atoms with Crippen molar-refractivity contribution in [1.29, 1.82) is 5.26 Å². The molecule has 1 aromatic rings. The zero-order valence-electron chi connectivity index (χ0n) is 14.7. The first-order valence-electron chi connectivity index (χ1n) is 8.12. The predicted octanol–water partition coefficient (Wildman–Crippen LogP) is 4.08. The first-order chi connectivity index (χ1) is 10.7. The quantitative estimate of drug-likeness (QED) is 0.782. The molecule has 124 valence electrons. The Labute approximate surface area is 140 Å². The number of rotatable bonds is 4. The van der Waals surface area contributed by atoms with Crippen molar-refractivity contribution in [3.05, 3.63) is 29.8 Å². The first-order valence-corrected chi connectivity index (χ1v) is 11.0. The SMILES string of the molecule is CC(C)(C)[Si](C)(C)OC[C@@H]1CCC(=O)N1c1ccc(C#N)cc1. The molecule has 23 heavy (non-hydrogen) atoms. The van der Waals surface area contributed by atoms with E-state index in [2.05, 4.69) is 39.9 Å². The number of amides is 1. The maximum absolute atomic E-state index is 12.3. The molecule has 5 heteroatoms. The molecular weight excluding hydrogens is 304 g/mol. The minimum atomic E-state index is -1.82. The van der Waals surface area contributed by atoms with Gasteiger partial charge in [-0.15, -0.1) is 0 Å². The second-order valence-electron chi connectivity index (χ2n) is 7.69. The summed E-state index contributed by atoms with van der Waals surface area (Å²) in [5.41, 5.74) is 1.46. The van der Waals surface area contributed by atoms with Crippen molar-refractivity contribution >= 4 is 19.9 Å². The van der Waals surface area contributed by atoms with E-state index in [4.69, 9.17) is 9.69 Å². The van der Waals surface area contributed by atoms with Crippen LogP contribution in [0.1, 0.15) is 39.2 Å². The summed E-state index contributed by atoms with van der Waals surface area (Å²) in [4.78, 5) is 14.1. The molecule has 0 saturated carbocycles. The summed E-state index contributed by atoms with van der Waals surface area (Å²) in [7, 11) is -1.82. The van der Waals surface area contributed by atoms with E-state index in [1.165, 1.54) is 0 Å². The molecule has 1 aliphatic rings. The van der Waals surface area contributed by atoms with Crippen LogP contribution in [0.2, 0.25) is 18.1 Å². The maximum Gasteiger partial charge on any atom is 0.227 e. The molecule has 1 heterocycles. The Balaban J connectivity index is 2.12. The molecule has 1 amide bonds. The van der Waals surface area contributed by atoms with Crippen LogP contribution in [-0.2, 0) is 9.22 Å². The van der Waals surface area contributed by atoms with Gasteiger partial charge in [-0.3, -0.25) is 4.79 Å². The Bertz CT molecular complexity index is 611. The first kappa shape index (κ1) is 17.7. The lowest BCUT2D eigenvalue weighted by Gasteiger charge is -2.38. The summed E-state index contributed by atoms with van der Waals surface area (Å²) in [5.74, 6) is 0.138. The van der Waals surface area contributed by atoms with Gasteiger partial charge in [-0.05, 0) is 48.8 Å². The average Bonchev–Trinajstić information content (AvgIpc) is 2.85. The van der Waals surface area contributed by atoms with Crippen molar-refractivity contribution in [2.24, 2.45) is 0 Å². The van der Waals surface area contributed by atoms with Crippen molar-refractivity contribution in [3.63, 3.8) is 0 Å². The molecule has 1 fully saturated rings. The van der Waals surface area contributed by atoms with Gasteiger partial charge < -0.3 is 9.33 Å². The Kier molecular flexibility index (Phi) is 4.97. The Morgan fingerprint density at radius 1 is 1.30 bits per heavy atom. The minimum absolute atomic E-state index is 0.0876. The van der Waals surface area contributed by atoms with Gasteiger partial charge in [0.05, 0.1) is 24.3 Å². The van der Waals surface area contributed by atoms with Crippen molar-refractivity contribution in [3.8, 4) is 6.07 Å². The van der Waals surface area contributed by atoms with E-state index in [1.807, 2.05) is 17.0 Å². The number of anilines is 1. The Morgan fingerprint density at radius 2 is 1.91 bits per heavy atom. The molecule has 1 aliphatic heterocycles. The van der Waals surface area contributed by atoms with Crippen molar-refractivity contribution in [2.45, 2.75) is 57.8 Å². The fraction of sp³-hybridized carbons (Fsp3) is 0.556. The second kappa shape index (κ2) is 6.46. The van der Waals surface area contributed by atoms with Gasteiger partial charge in [-0.1, -0.05) is 20.8 Å². The van der Waals surface area contributed by atoms with Crippen molar-refractivity contribution < 1.29 is 9.22 Å². The highest BCUT2D eigenvalue weighted by Gasteiger charge is 2.39. The van der Waals surface area contributed by atoms with Crippen LogP contribution in [0.15, 0.2) is 24.3 Å². The molecule has 2 rings (SSSR count). The van der Waals surface area contributed by atoms with E-state index in [0.29, 0.717) is 18.6 Å². The van der Waals surface area contributed by atoms with E-state index >= 15 is 0 Å². The lowest BCUT2D eigenvalue weighted by atomic mass is 10.2. The highest BCUT2D eigenvalue weighted by molar-refractivity contribution is 6.74. The molecule has 0 N–H and O–H groups in total.